The summed E-state index contributed by atoms with van der Waals surface area (Å²) in [6.07, 6.45) is 2.33. The maximum absolute atomic E-state index is 10.5. The molecule has 0 unspecified atom stereocenters. The maximum Gasteiger partial charge on any atom is 0.216 e. The average molecular weight is 168 g/mol. The Morgan fingerprint density at radius 2 is 2.50 bits per heavy atom. The number of nitrogens with zero attached hydrogens (tertiary/aromatic N) is 1. The number of oxazole rings is 1. The van der Waals surface area contributed by atoms with Gasteiger partial charge in [0, 0.05) is 26.8 Å². The normalized spacial score (nSPS) is 9.83. The van der Waals surface area contributed by atoms with Crippen molar-refractivity contribution in [2.75, 3.05) is 6.54 Å². The molecule has 4 nitrogen and oxygen atoms in total. The molecule has 0 saturated heterocycles. The van der Waals surface area contributed by atoms with Crippen LogP contribution in [-0.2, 0) is 11.2 Å². The number of amides is 1. The predicted octanol–water partition coefficient (Wildman–Crippen LogP) is 0.662. The van der Waals surface area contributed by atoms with Crippen LogP contribution in [0.1, 0.15) is 18.5 Å². The molecule has 1 aromatic heterocycles. The van der Waals surface area contributed by atoms with Crippen LogP contribution in [0.2, 0.25) is 0 Å². The van der Waals surface area contributed by atoms with Crippen LogP contribution in [0.4, 0.5) is 0 Å². The lowest BCUT2D eigenvalue weighted by Gasteiger charge is -1.97. The zero-order chi connectivity index (χ0) is 8.97. The monoisotopic (exact) mass is 168 g/mol. The molecule has 0 aromatic carbocycles. The summed E-state index contributed by atoms with van der Waals surface area (Å²) in [5.74, 6) is 0.642. The molecule has 66 valence electrons. The van der Waals surface area contributed by atoms with Crippen molar-refractivity contribution in [1.82, 2.24) is 10.3 Å². The first-order chi connectivity index (χ1) is 5.68. The molecule has 12 heavy (non-hydrogen) atoms. The number of carbonyl (C=O) groups excluding carboxylic acids is 1. The van der Waals surface area contributed by atoms with Gasteiger partial charge in [-0.3, -0.25) is 4.79 Å². The Bertz CT molecular complexity index is 268. The van der Waals surface area contributed by atoms with Gasteiger partial charge in [-0.25, -0.2) is 4.98 Å². The minimum atomic E-state index is -0.0183. The second-order valence-corrected chi connectivity index (χ2v) is 2.59. The molecular formula is C8H12N2O2. The maximum atomic E-state index is 10.5. The van der Waals surface area contributed by atoms with Crippen LogP contribution < -0.4 is 5.32 Å². The highest BCUT2D eigenvalue weighted by molar-refractivity contribution is 5.72. The van der Waals surface area contributed by atoms with E-state index in [9.17, 15) is 4.79 Å². The van der Waals surface area contributed by atoms with E-state index in [4.69, 9.17) is 4.42 Å². The van der Waals surface area contributed by atoms with E-state index in [0.29, 0.717) is 12.4 Å². The molecule has 0 fully saturated rings. The van der Waals surface area contributed by atoms with Gasteiger partial charge in [-0.1, -0.05) is 0 Å². The molecule has 0 saturated carbocycles. The molecule has 0 aliphatic carbocycles. The Labute approximate surface area is 71.0 Å². The lowest BCUT2D eigenvalue weighted by Crippen LogP contribution is -2.22. The molecule has 0 radical (unpaired) electrons. The van der Waals surface area contributed by atoms with Crippen molar-refractivity contribution in [2.45, 2.75) is 20.3 Å². The minimum Gasteiger partial charge on any atom is -0.449 e. The van der Waals surface area contributed by atoms with Crippen molar-refractivity contribution in [3.8, 4) is 0 Å². The second-order valence-electron chi connectivity index (χ2n) is 2.59. The molecule has 1 N–H and O–H groups in total. The molecule has 0 aliphatic heterocycles. The highest BCUT2D eigenvalue weighted by Gasteiger charge is 1.98. The fourth-order valence-electron chi connectivity index (χ4n) is 0.890. The SMILES string of the molecule is CC(=O)NCCc1coc(C)n1. The van der Waals surface area contributed by atoms with Gasteiger partial charge >= 0.3 is 0 Å². The number of rotatable bonds is 3. The summed E-state index contributed by atoms with van der Waals surface area (Å²) in [5, 5.41) is 2.68. The Hall–Kier alpha value is -1.32. The van der Waals surface area contributed by atoms with E-state index in [1.54, 1.807) is 13.2 Å². The van der Waals surface area contributed by atoms with Gasteiger partial charge in [-0.15, -0.1) is 0 Å². The fourth-order valence-corrected chi connectivity index (χ4v) is 0.890. The van der Waals surface area contributed by atoms with Crippen molar-refractivity contribution in [2.24, 2.45) is 0 Å². The van der Waals surface area contributed by atoms with Gasteiger partial charge in [0.1, 0.15) is 6.26 Å². The van der Waals surface area contributed by atoms with E-state index < -0.39 is 0 Å². The summed E-state index contributed by atoms with van der Waals surface area (Å²) in [7, 11) is 0. The van der Waals surface area contributed by atoms with Crippen LogP contribution in [0.15, 0.2) is 10.7 Å². The third-order valence-electron chi connectivity index (χ3n) is 1.42. The lowest BCUT2D eigenvalue weighted by atomic mass is 10.3. The Kier molecular flexibility index (Phi) is 2.85. The fraction of sp³-hybridized carbons (Fsp3) is 0.500. The first-order valence-corrected chi connectivity index (χ1v) is 3.84. The van der Waals surface area contributed by atoms with Gasteiger partial charge in [0.15, 0.2) is 5.89 Å². The quantitative estimate of drug-likeness (QED) is 0.721. The molecule has 1 amide bonds. The topological polar surface area (TPSA) is 55.1 Å². The number of hydrogen-bond acceptors (Lipinski definition) is 3. The first kappa shape index (κ1) is 8.77. The number of aryl methyl sites for hydroxylation is 1. The van der Waals surface area contributed by atoms with Crippen LogP contribution in [-0.4, -0.2) is 17.4 Å². The standard InChI is InChI=1S/C8H12N2O2/c1-6(11)9-4-3-8-5-12-7(2)10-8/h5H,3-4H2,1-2H3,(H,9,11). The molecule has 0 aliphatic rings. The van der Waals surface area contributed by atoms with Gasteiger partial charge in [0.2, 0.25) is 5.91 Å². The van der Waals surface area contributed by atoms with Gasteiger partial charge in [0.05, 0.1) is 5.69 Å². The van der Waals surface area contributed by atoms with Gasteiger partial charge in [-0.2, -0.15) is 0 Å². The highest BCUT2D eigenvalue weighted by Crippen LogP contribution is 1.99. The van der Waals surface area contributed by atoms with E-state index in [0.717, 1.165) is 12.1 Å². The van der Waals surface area contributed by atoms with E-state index in [-0.39, 0.29) is 5.91 Å². The molecule has 4 heteroatoms. The Morgan fingerprint density at radius 1 is 1.75 bits per heavy atom. The first-order valence-electron chi connectivity index (χ1n) is 3.84. The highest BCUT2D eigenvalue weighted by atomic mass is 16.3. The summed E-state index contributed by atoms with van der Waals surface area (Å²) < 4.78 is 5.00. The van der Waals surface area contributed by atoms with Crippen molar-refractivity contribution < 1.29 is 9.21 Å². The Morgan fingerprint density at radius 3 is 3.00 bits per heavy atom. The summed E-state index contributed by atoms with van der Waals surface area (Å²) in [5.41, 5.74) is 0.876. The van der Waals surface area contributed by atoms with Crippen molar-refractivity contribution >= 4 is 5.91 Å². The second kappa shape index (κ2) is 3.90. The Balaban J connectivity index is 2.29. The summed E-state index contributed by atoms with van der Waals surface area (Å²) in [6.45, 7) is 3.90. The molecule has 1 heterocycles. The van der Waals surface area contributed by atoms with Crippen LogP contribution >= 0.6 is 0 Å². The number of carbonyl (C=O) groups is 1. The summed E-state index contributed by atoms with van der Waals surface area (Å²) in [4.78, 5) is 14.6. The van der Waals surface area contributed by atoms with Gasteiger partial charge in [0.25, 0.3) is 0 Å². The molecule has 0 bridgehead atoms. The third kappa shape index (κ3) is 2.74. The molecule has 1 aromatic rings. The molecular weight excluding hydrogens is 156 g/mol. The molecule has 1 rings (SSSR count). The summed E-state index contributed by atoms with van der Waals surface area (Å²) in [6, 6.07) is 0. The van der Waals surface area contributed by atoms with E-state index >= 15 is 0 Å². The lowest BCUT2D eigenvalue weighted by molar-refractivity contribution is -0.118. The van der Waals surface area contributed by atoms with Crippen LogP contribution in [0, 0.1) is 6.92 Å². The van der Waals surface area contributed by atoms with Crippen molar-refractivity contribution in [1.29, 1.82) is 0 Å². The zero-order valence-corrected chi connectivity index (χ0v) is 7.26. The van der Waals surface area contributed by atoms with E-state index in [1.165, 1.54) is 6.92 Å². The van der Waals surface area contributed by atoms with Crippen LogP contribution in [0.25, 0.3) is 0 Å². The number of hydrogen-bond donors (Lipinski definition) is 1. The third-order valence-corrected chi connectivity index (χ3v) is 1.42. The predicted molar refractivity (Wildman–Crippen MR) is 43.6 cm³/mol. The van der Waals surface area contributed by atoms with Gasteiger partial charge in [-0.05, 0) is 0 Å². The van der Waals surface area contributed by atoms with Crippen LogP contribution in [0.5, 0.6) is 0 Å². The van der Waals surface area contributed by atoms with Gasteiger partial charge < -0.3 is 9.73 Å². The average Bonchev–Trinajstić information content (AvgIpc) is 2.35. The largest absolute Gasteiger partial charge is 0.449 e. The number of aromatic nitrogens is 1. The molecule has 0 atom stereocenters. The van der Waals surface area contributed by atoms with E-state index in [2.05, 4.69) is 10.3 Å². The van der Waals surface area contributed by atoms with Crippen LogP contribution in [0.3, 0.4) is 0 Å². The number of nitrogens with one attached hydrogen (secondary N) is 1. The zero-order valence-electron chi connectivity index (χ0n) is 7.26. The smallest absolute Gasteiger partial charge is 0.216 e. The van der Waals surface area contributed by atoms with Crippen molar-refractivity contribution in [3.05, 3.63) is 17.8 Å². The van der Waals surface area contributed by atoms with E-state index in [1.807, 2.05) is 0 Å². The molecule has 0 spiro atoms. The summed E-state index contributed by atoms with van der Waals surface area (Å²) >= 11 is 0. The minimum absolute atomic E-state index is 0.0183. The van der Waals surface area contributed by atoms with Crippen molar-refractivity contribution in [3.63, 3.8) is 0 Å².